The highest BCUT2D eigenvalue weighted by atomic mass is 19.4. The van der Waals surface area contributed by atoms with Crippen LogP contribution in [0.15, 0.2) is 18.2 Å². The van der Waals surface area contributed by atoms with E-state index < -0.39 is 23.5 Å². The van der Waals surface area contributed by atoms with Crippen LogP contribution in [0, 0.1) is 11.7 Å². The Morgan fingerprint density at radius 3 is 2.71 bits per heavy atom. The molecule has 0 bridgehead atoms. The Labute approximate surface area is 119 Å². The van der Waals surface area contributed by atoms with Crippen LogP contribution in [0.25, 0.3) is 0 Å². The molecule has 116 valence electrons. The molecule has 0 spiro atoms. The summed E-state index contributed by atoms with van der Waals surface area (Å²) in [5.74, 6) is -1.73. The Balaban J connectivity index is 2.23. The summed E-state index contributed by atoms with van der Waals surface area (Å²) in [7, 11) is 0. The van der Waals surface area contributed by atoms with Gasteiger partial charge in [0.05, 0.1) is 5.56 Å². The molecule has 1 aliphatic heterocycles. The SMILES string of the molecule is NCC1CCCN(C(=O)c2ccc(F)c(C(F)(F)F)c2)C1. The smallest absolute Gasteiger partial charge is 0.338 e. The number of likely N-dealkylation sites (tertiary alicyclic amines) is 1. The molecule has 1 amide bonds. The number of alkyl halides is 3. The zero-order valence-electron chi connectivity index (χ0n) is 11.3. The molecule has 1 heterocycles. The zero-order chi connectivity index (χ0) is 15.6. The molecule has 0 radical (unpaired) electrons. The molecular formula is C14H16F4N2O. The van der Waals surface area contributed by atoms with Crippen molar-refractivity contribution in [3.05, 3.63) is 35.1 Å². The van der Waals surface area contributed by atoms with Crippen molar-refractivity contribution in [1.82, 2.24) is 4.90 Å². The molecule has 1 unspecified atom stereocenters. The molecule has 0 saturated carbocycles. The molecule has 2 N–H and O–H groups in total. The number of rotatable bonds is 2. The van der Waals surface area contributed by atoms with Gasteiger partial charge < -0.3 is 10.6 Å². The average molecular weight is 304 g/mol. The van der Waals surface area contributed by atoms with Crippen LogP contribution in [0.5, 0.6) is 0 Å². The highest BCUT2D eigenvalue weighted by Crippen LogP contribution is 2.32. The van der Waals surface area contributed by atoms with Crippen LogP contribution in [0.4, 0.5) is 17.6 Å². The van der Waals surface area contributed by atoms with E-state index in [0.29, 0.717) is 31.8 Å². The molecule has 2 rings (SSSR count). The summed E-state index contributed by atoms with van der Waals surface area (Å²) in [5, 5.41) is 0. The Morgan fingerprint density at radius 2 is 2.10 bits per heavy atom. The zero-order valence-corrected chi connectivity index (χ0v) is 11.3. The second-order valence-electron chi connectivity index (χ2n) is 5.19. The van der Waals surface area contributed by atoms with E-state index in [4.69, 9.17) is 5.73 Å². The molecule has 1 fully saturated rings. The lowest BCUT2D eigenvalue weighted by atomic mass is 9.97. The number of hydrogen-bond acceptors (Lipinski definition) is 2. The van der Waals surface area contributed by atoms with Crippen molar-refractivity contribution in [3.8, 4) is 0 Å². The van der Waals surface area contributed by atoms with Crippen molar-refractivity contribution < 1.29 is 22.4 Å². The van der Waals surface area contributed by atoms with Crippen LogP contribution >= 0.6 is 0 Å². The molecule has 21 heavy (non-hydrogen) atoms. The highest BCUT2D eigenvalue weighted by Gasteiger charge is 2.35. The normalized spacial score (nSPS) is 19.7. The standard InChI is InChI=1S/C14H16F4N2O/c15-12-4-3-10(6-11(12)14(16,17)18)13(21)20-5-1-2-9(7-19)8-20/h3-4,6,9H,1-2,5,7-8,19H2. The third kappa shape index (κ3) is 3.53. The van der Waals surface area contributed by atoms with Gasteiger partial charge in [-0.05, 0) is 43.5 Å². The molecule has 1 aromatic carbocycles. The monoisotopic (exact) mass is 304 g/mol. The van der Waals surface area contributed by atoms with E-state index >= 15 is 0 Å². The summed E-state index contributed by atoms with van der Waals surface area (Å²) in [6, 6.07) is 2.34. The van der Waals surface area contributed by atoms with Crippen LogP contribution in [0.2, 0.25) is 0 Å². The van der Waals surface area contributed by atoms with E-state index in [9.17, 15) is 22.4 Å². The van der Waals surface area contributed by atoms with Gasteiger partial charge in [-0.2, -0.15) is 13.2 Å². The van der Waals surface area contributed by atoms with Gasteiger partial charge in [0.15, 0.2) is 0 Å². The van der Waals surface area contributed by atoms with Crippen molar-refractivity contribution in [1.29, 1.82) is 0 Å². The lowest BCUT2D eigenvalue weighted by Crippen LogP contribution is -2.42. The largest absolute Gasteiger partial charge is 0.419 e. The maximum Gasteiger partial charge on any atom is 0.419 e. The fourth-order valence-corrected chi connectivity index (χ4v) is 2.50. The molecule has 0 aliphatic carbocycles. The number of hydrogen-bond donors (Lipinski definition) is 1. The van der Waals surface area contributed by atoms with Crippen LogP contribution in [-0.4, -0.2) is 30.4 Å². The Bertz CT molecular complexity index is 530. The number of nitrogens with two attached hydrogens (primary N) is 1. The summed E-state index contributed by atoms with van der Waals surface area (Å²) in [6.07, 6.45) is -3.15. The number of benzene rings is 1. The van der Waals surface area contributed by atoms with Gasteiger partial charge in [-0.25, -0.2) is 4.39 Å². The van der Waals surface area contributed by atoms with E-state index in [1.165, 1.54) is 4.90 Å². The van der Waals surface area contributed by atoms with Gasteiger partial charge in [-0.3, -0.25) is 4.79 Å². The van der Waals surface area contributed by atoms with Crippen LogP contribution in [0.3, 0.4) is 0 Å². The number of nitrogens with zero attached hydrogens (tertiary/aromatic N) is 1. The quantitative estimate of drug-likeness (QED) is 0.854. The molecule has 1 atom stereocenters. The Kier molecular flexibility index (Phi) is 4.51. The van der Waals surface area contributed by atoms with Crippen molar-refractivity contribution in [2.75, 3.05) is 19.6 Å². The number of halogens is 4. The maximum atomic E-state index is 13.2. The Morgan fingerprint density at radius 1 is 1.38 bits per heavy atom. The topological polar surface area (TPSA) is 46.3 Å². The number of amides is 1. The summed E-state index contributed by atoms with van der Waals surface area (Å²) in [6.45, 7) is 1.34. The van der Waals surface area contributed by atoms with Gasteiger partial charge in [-0.1, -0.05) is 0 Å². The minimum absolute atomic E-state index is 0.151. The Hall–Kier alpha value is -1.63. The third-order valence-corrected chi connectivity index (χ3v) is 3.66. The van der Waals surface area contributed by atoms with E-state index in [2.05, 4.69) is 0 Å². The maximum absolute atomic E-state index is 13.2. The molecular weight excluding hydrogens is 288 g/mol. The highest BCUT2D eigenvalue weighted by molar-refractivity contribution is 5.94. The fourth-order valence-electron chi connectivity index (χ4n) is 2.50. The van der Waals surface area contributed by atoms with Gasteiger partial charge in [0, 0.05) is 18.7 Å². The van der Waals surface area contributed by atoms with Crippen molar-refractivity contribution in [2.45, 2.75) is 19.0 Å². The first-order valence-electron chi connectivity index (χ1n) is 6.69. The first-order valence-corrected chi connectivity index (χ1v) is 6.69. The number of piperidine rings is 1. The lowest BCUT2D eigenvalue weighted by molar-refractivity contribution is -0.140. The van der Waals surface area contributed by atoms with E-state index in [1.807, 2.05) is 0 Å². The van der Waals surface area contributed by atoms with Crippen LogP contribution in [0.1, 0.15) is 28.8 Å². The van der Waals surface area contributed by atoms with Gasteiger partial charge in [0.2, 0.25) is 0 Å². The first kappa shape index (κ1) is 15.8. The lowest BCUT2D eigenvalue weighted by Gasteiger charge is -2.32. The summed E-state index contributed by atoms with van der Waals surface area (Å²) in [4.78, 5) is 13.7. The molecule has 0 aromatic heterocycles. The summed E-state index contributed by atoms with van der Waals surface area (Å²) >= 11 is 0. The molecule has 1 aromatic rings. The predicted octanol–water partition coefficient (Wildman–Crippen LogP) is 2.66. The second kappa shape index (κ2) is 6.01. The predicted molar refractivity (Wildman–Crippen MR) is 69.1 cm³/mol. The van der Waals surface area contributed by atoms with E-state index in [1.54, 1.807) is 0 Å². The number of carbonyl (C=O) groups is 1. The van der Waals surface area contributed by atoms with Gasteiger partial charge >= 0.3 is 6.18 Å². The van der Waals surface area contributed by atoms with Gasteiger partial charge in [-0.15, -0.1) is 0 Å². The molecule has 3 nitrogen and oxygen atoms in total. The van der Waals surface area contributed by atoms with Crippen LogP contribution < -0.4 is 5.73 Å². The second-order valence-corrected chi connectivity index (χ2v) is 5.19. The molecule has 1 saturated heterocycles. The van der Waals surface area contributed by atoms with Gasteiger partial charge in [0.25, 0.3) is 5.91 Å². The molecule has 7 heteroatoms. The van der Waals surface area contributed by atoms with E-state index in [0.717, 1.165) is 18.9 Å². The first-order chi connectivity index (χ1) is 9.82. The van der Waals surface area contributed by atoms with E-state index in [-0.39, 0.29) is 11.5 Å². The summed E-state index contributed by atoms with van der Waals surface area (Å²) in [5.41, 5.74) is 4.00. The van der Waals surface area contributed by atoms with Gasteiger partial charge in [0.1, 0.15) is 5.82 Å². The van der Waals surface area contributed by atoms with Crippen LogP contribution in [-0.2, 0) is 6.18 Å². The number of carbonyl (C=O) groups excluding carboxylic acids is 1. The molecule has 1 aliphatic rings. The minimum atomic E-state index is -4.82. The minimum Gasteiger partial charge on any atom is -0.338 e. The third-order valence-electron chi connectivity index (χ3n) is 3.66. The van der Waals surface area contributed by atoms with Crippen molar-refractivity contribution >= 4 is 5.91 Å². The van der Waals surface area contributed by atoms with Crippen molar-refractivity contribution in [3.63, 3.8) is 0 Å². The average Bonchev–Trinajstić information content (AvgIpc) is 2.46. The van der Waals surface area contributed by atoms with Crippen molar-refractivity contribution in [2.24, 2.45) is 11.7 Å². The summed E-state index contributed by atoms with van der Waals surface area (Å²) < 4.78 is 51.2. The fraction of sp³-hybridized carbons (Fsp3) is 0.500.